The maximum absolute atomic E-state index is 12.6. The summed E-state index contributed by atoms with van der Waals surface area (Å²) in [5.74, 6) is -1.26. The highest BCUT2D eigenvalue weighted by Crippen LogP contribution is 2.25. The monoisotopic (exact) mass is 303 g/mol. The van der Waals surface area contributed by atoms with Crippen molar-refractivity contribution in [2.24, 2.45) is 5.92 Å². The molecule has 1 amide bonds. The molecule has 4 nitrogen and oxygen atoms in total. The molecular weight excluding hydrogens is 278 g/mol. The van der Waals surface area contributed by atoms with Crippen LogP contribution in [0.5, 0.6) is 0 Å². The van der Waals surface area contributed by atoms with Gasteiger partial charge >= 0.3 is 5.97 Å². The van der Waals surface area contributed by atoms with Crippen molar-refractivity contribution >= 4 is 11.9 Å². The number of nitrogens with zero attached hydrogens (tertiary/aromatic N) is 1. The predicted molar refractivity (Wildman–Crippen MR) is 85.5 cm³/mol. The van der Waals surface area contributed by atoms with Crippen molar-refractivity contribution in [1.29, 1.82) is 0 Å². The van der Waals surface area contributed by atoms with E-state index in [0.717, 1.165) is 31.2 Å². The van der Waals surface area contributed by atoms with Crippen LogP contribution in [0, 0.1) is 5.92 Å². The average molecular weight is 303 g/mol. The highest BCUT2D eigenvalue weighted by Gasteiger charge is 2.29. The third-order valence-corrected chi connectivity index (χ3v) is 4.45. The topological polar surface area (TPSA) is 57.6 Å². The van der Waals surface area contributed by atoms with Crippen LogP contribution in [0.25, 0.3) is 0 Å². The Balaban J connectivity index is 1.97. The minimum atomic E-state index is -0.834. The molecule has 1 saturated carbocycles. The first-order valence-corrected chi connectivity index (χ1v) is 8.14. The van der Waals surface area contributed by atoms with Crippen molar-refractivity contribution < 1.29 is 14.7 Å². The minimum Gasteiger partial charge on any atom is -0.481 e. The van der Waals surface area contributed by atoms with Gasteiger partial charge in [-0.25, -0.2) is 0 Å². The fraction of sp³-hybridized carbons (Fsp3) is 0.556. The van der Waals surface area contributed by atoms with Crippen molar-refractivity contribution in [3.05, 3.63) is 35.9 Å². The molecule has 120 valence electrons. The van der Waals surface area contributed by atoms with Gasteiger partial charge in [0.2, 0.25) is 5.91 Å². The summed E-state index contributed by atoms with van der Waals surface area (Å²) in [7, 11) is 0. The number of carboxylic acid groups (broad SMARTS) is 1. The van der Waals surface area contributed by atoms with Gasteiger partial charge in [-0.05, 0) is 24.8 Å². The normalized spacial score (nSPS) is 16.4. The van der Waals surface area contributed by atoms with Gasteiger partial charge < -0.3 is 10.0 Å². The van der Waals surface area contributed by atoms with Crippen molar-refractivity contribution in [2.45, 2.75) is 51.5 Å². The molecule has 1 N–H and O–H groups in total. The van der Waals surface area contributed by atoms with Crippen LogP contribution < -0.4 is 0 Å². The molecule has 0 radical (unpaired) electrons. The summed E-state index contributed by atoms with van der Waals surface area (Å²) < 4.78 is 0. The van der Waals surface area contributed by atoms with E-state index in [2.05, 4.69) is 0 Å². The van der Waals surface area contributed by atoms with E-state index in [9.17, 15) is 9.59 Å². The molecule has 0 bridgehead atoms. The molecule has 0 saturated heterocycles. The largest absolute Gasteiger partial charge is 0.481 e. The molecule has 1 aliphatic rings. The van der Waals surface area contributed by atoms with Crippen LogP contribution in [0.1, 0.15) is 44.6 Å². The zero-order valence-corrected chi connectivity index (χ0v) is 13.2. The number of carbonyl (C=O) groups is 2. The summed E-state index contributed by atoms with van der Waals surface area (Å²) in [5.41, 5.74) is 1.15. The molecule has 0 heterocycles. The van der Waals surface area contributed by atoms with E-state index < -0.39 is 11.9 Å². The molecular formula is C18H25NO3. The van der Waals surface area contributed by atoms with Crippen LogP contribution in [0.4, 0.5) is 0 Å². The van der Waals surface area contributed by atoms with Gasteiger partial charge in [0.25, 0.3) is 0 Å². The van der Waals surface area contributed by atoms with Gasteiger partial charge in [-0.3, -0.25) is 9.59 Å². The third kappa shape index (κ3) is 4.58. The van der Waals surface area contributed by atoms with Crippen molar-refractivity contribution in [3.8, 4) is 0 Å². The standard InChI is InChI=1S/C18H25NO3/c1-14(18(21)22)13-19(16-9-5-6-10-16)17(20)12-11-15-7-3-2-4-8-15/h2-4,7-8,14,16H,5-6,9-13H2,1H3,(H,21,22). The van der Waals surface area contributed by atoms with Gasteiger partial charge in [0.15, 0.2) is 0 Å². The van der Waals surface area contributed by atoms with Crippen LogP contribution in [0.2, 0.25) is 0 Å². The molecule has 1 fully saturated rings. The van der Waals surface area contributed by atoms with Crippen molar-refractivity contribution in [3.63, 3.8) is 0 Å². The Hall–Kier alpha value is -1.84. The Bertz CT molecular complexity index is 494. The number of rotatable bonds is 7. The number of benzene rings is 1. The molecule has 22 heavy (non-hydrogen) atoms. The minimum absolute atomic E-state index is 0.0869. The van der Waals surface area contributed by atoms with Gasteiger partial charge in [0, 0.05) is 19.0 Å². The van der Waals surface area contributed by atoms with Gasteiger partial charge in [0.05, 0.1) is 5.92 Å². The molecule has 2 rings (SSSR count). The highest BCUT2D eigenvalue weighted by molar-refractivity contribution is 5.78. The zero-order valence-electron chi connectivity index (χ0n) is 13.2. The first kappa shape index (κ1) is 16.5. The Morgan fingerprint density at radius 2 is 1.86 bits per heavy atom. The van der Waals surface area contributed by atoms with E-state index in [1.807, 2.05) is 35.2 Å². The van der Waals surface area contributed by atoms with Crippen LogP contribution in [0.3, 0.4) is 0 Å². The van der Waals surface area contributed by atoms with Crippen molar-refractivity contribution in [1.82, 2.24) is 4.90 Å². The highest BCUT2D eigenvalue weighted by atomic mass is 16.4. The second kappa shape index (κ2) is 7.97. The van der Waals surface area contributed by atoms with Gasteiger partial charge in [-0.2, -0.15) is 0 Å². The zero-order chi connectivity index (χ0) is 15.9. The van der Waals surface area contributed by atoms with E-state index in [1.165, 1.54) is 0 Å². The molecule has 1 aromatic carbocycles. The third-order valence-electron chi connectivity index (χ3n) is 4.45. The maximum Gasteiger partial charge on any atom is 0.308 e. The lowest BCUT2D eigenvalue weighted by Crippen LogP contribution is -2.43. The number of aliphatic carboxylic acids is 1. The van der Waals surface area contributed by atoms with Gasteiger partial charge in [-0.15, -0.1) is 0 Å². The van der Waals surface area contributed by atoms with Crippen molar-refractivity contribution in [2.75, 3.05) is 6.54 Å². The number of hydrogen-bond acceptors (Lipinski definition) is 2. The molecule has 0 spiro atoms. The van der Waals surface area contributed by atoms with Crippen LogP contribution in [-0.4, -0.2) is 34.5 Å². The van der Waals surface area contributed by atoms with Crippen LogP contribution >= 0.6 is 0 Å². The fourth-order valence-electron chi connectivity index (χ4n) is 3.08. The lowest BCUT2D eigenvalue weighted by Gasteiger charge is -2.30. The molecule has 1 atom stereocenters. The first-order valence-electron chi connectivity index (χ1n) is 8.14. The Morgan fingerprint density at radius 3 is 2.45 bits per heavy atom. The second-order valence-corrected chi connectivity index (χ2v) is 6.21. The Kier molecular flexibility index (Phi) is 5.99. The summed E-state index contributed by atoms with van der Waals surface area (Å²) in [6.07, 6.45) is 5.44. The molecule has 1 unspecified atom stereocenters. The van der Waals surface area contributed by atoms with E-state index >= 15 is 0 Å². The van der Waals surface area contributed by atoms with Gasteiger partial charge in [0.1, 0.15) is 0 Å². The number of hydrogen-bond donors (Lipinski definition) is 1. The molecule has 4 heteroatoms. The summed E-state index contributed by atoms with van der Waals surface area (Å²) in [5, 5.41) is 9.13. The van der Waals surface area contributed by atoms with Crippen LogP contribution in [-0.2, 0) is 16.0 Å². The van der Waals surface area contributed by atoms with E-state index in [1.54, 1.807) is 6.92 Å². The quantitative estimate of drug-likeness (QED) is 0.842. The van der Waals surface area contributed by atoms with E-state index in [-0.39, 0.29) is 11.9 Å². The van der Waals surface area contributed by atoms with Crippen LogP contribution in [0.15, 0.2) is 30.3 Å². The molecule has 1 aromatic rings. The second-order valence-electron chi connectivity index (χ2n) is 6.21. The molecule has 1 aliphatic carbocycles. The summed E-state index contributed by atoms with van der Waals surface area (Å²) in [4.78, 5) is 25.5. The molecule has 0 aliphatic heterocycles. The predicted octanol–water partition coefficient (Wildman–Crippen LogP) is 3.11. The Labute approximate surface area is 132 Å². The number of amides is 1. The van der Waals surface area contributed by atoms with Gasteiger partial charge in [-0.1, -0.05) is 50.1 Å². The lowest BCUT2D eigenvalue weighted by atomic mass is 10.1. The summed E-state index contributed by atoms with van der Waals surface area (Å²) in [6, 6.07) is 10.2. The fourth-order valence-corrected chi connectivity index (χ4v) is 3.08. The maximum atomic E-state index is 12.6. The summed E-state index contributed by atoms with van der Waals surface area (Å²) >= 11 is 0. The molecule has 0 aromatic heterocycles. The van der Waals surface area contributed by atoms with E-state index in [0.29, 0.717) is 19.4 Å². The Morgan fingerprint density at radius 1 is 1.23 bits per heavy atom. The van der Waals surface area contributed by atoms with E-state index in [4.69, 9.17) is 5.11 Å². The number of carboxylic acids is 1. The number of aryl methyl sites for hydroxylation is 1. The smallest absolute Gasteiger partial charge is 0.308 e. The summed E-state index contributed by atoms with van der Waals surface area (Å²) in [6.45, 7) is 2.00. The number of carbonyl (C=O) groups excluding carboxylic acids is 1. The average Bonchev–Trinajstić information content (AvgIpc) is 3.05. The first-order chi connectivity index (χ1) is 10.6. The SMILES string of the molecule is CC(CN(C(=O)CCc1ccccc1)C1CCCC1)C(=O)O. The lowest BCUT2D eigenvalue weighted by molar-refractivity contribution is -0.143.